The fourth-order valence-corrected chi connectivity index (χ4v) is 12.9. The van der Waals surface area contributed by atoms with Crippen LogP contribution in [-0.2, 0) is 10.8 Å². The van der Waals surface area contributed by atoms with E-state index in [0.29, 0.717) is 0 Å². The van der Waals surface area contributed by atoms with Crippen molar-refractivity contribution in [3.8, 4) is 77.9 Å². The van der Waals surface area contributed by atoms with Gasteiger partial charge in [-0.05, 0) is 161 Å². The van der Waals surface area contributed by atoms with Crippen molar-refractivity contribution in [3.05, 3.63) is 253 Å². The minimum Gasteiger partial charge on any atom is -0.0622 e. The van der Waals surface area contributed by atoms with Gasteiger partial charge in [-0.15, -0.1) is 0 Å². The van der Waals surface area contributed by atoms with Crippen molar-refractivity contribution in [2.75, 3.05) is 0 Å². The van der Waals surface area contributed by atoms with E-state index in [1.807, 2.05) is 0 Å². The Hall–Kier alpha value is -8.32. The van der Waals surface area contributed by atoms with Crippen molar-refractivity contribution in [2.45, 2.75) is 38.5 Å². The first-order valence-corrected chi connectivity index (χ1v) is 24.8. The van der Waals surface area contributed by atoms with Gasteiger partial charge < -0.3 is 0 Å². The first kappa shape index (κ1) is 40.7. The molecule has 12 aromatic carbocycles. The Morgan fingerprint density at radius 2 is 0.514 bits per heavy atom. The van der Waals surface area contributed by atoms with Gasteiger partial charge in [0.25, 0.3) is 0 Å². The van der Waals surface area contributed by atoms with Gasteiger partial charge in [0.2, 0.25) is 0 Å². The van der Waals surface area contributed by atoms with Crippen LogP contribution in [0, 0.1) is 0 Å². The highest BCUT2D eigenvalue weighted by atomic mass is 14.4. The molecule has 14 rings (SSSR count). The molecule has 0 radical (unpaired) electrons. The summed E-state index contributed by atoms with van der Waals surface area (Å²) in [5.74, 6) is 0. The largest absolute Gasteiger partial charge is 0.0622 e. The number of rotatable bonds is 5. The van der Waals surface area contributed by atoms with Crippen LogP contribution in [0.25, 0.3) is 121 Å². The molecule has 0 spiro atoms. The summed E-state index contributed by atoms with van der Waals surface area (Å²) < 4.78 is 0. The molecule has 0 saturated carbocycles. The van der Waals surface area contributed by atoms with Gasteiger partial charge in [0, 0.05) is 10.8 Å². The molecule has 0 bridgehead atoms. The van der Waals surface area contributed by atoms with Gasteiger partial charge in [-0.3, -0.25) is 0 Å². The summed E-state index contributed by atoms with van der Waals surface area (Å²) in [5.41, 5.74) is 23.4. The monoisotopic (exact) mass is 890 g/mol. The Morgan fingerprint density at radius 3 is 0.986 bits per heavy atom. The second-order valence-corrected chi connectivity index (χ2v) is 20.7. The molecule has 0 unspecified atom stereocenters. The van der Waals surface area contributed by atoms with Crippen LogP contribution in [0.1, 0.15) is 49.9 Å². The maximum Gasteiger partial charge on any atom is 0.0159 e. The summed E-state index contributed by atoms with van der Waals surface area (Å²) in [6.07, 6.45) is 0. The SMILES string of the molecule is CC1(C)c2ccccc2-c2ccc(-c3ccc4c(c3)C(C)(C)c3cc(-c5c6ccccc6c(-c6c7ccccc7c(-c7ccccc7-c7ccccc7)c7ccccc67)c6ccccc56)ccc3-4)cc21. The maximum atomic E-state index is 2.52. The molecule has 0 atom stereocenters. The van der Waals surface area contributed by atoms with E-state index in [-0.39, 0.29) is 10.8 Å². The Bertz CT molecular complexity index is 4050. The Morgan fingerprint density at radius 1 is 0.200 bits per heavy atom. The zero-order valence-electron chi connectivity index (χ0n) is 39.9. The molecular weight excluding hydrogens is 841 g/mol. The lowest BCUT2D eigenvalue weighted by Gasteiger charge is -2.24. The molecule has 0 saturated heterocycles. The highest BCUT2D eigenvalue weighted by Crippen LogP contribution is 2.55. The summed E-state index contributed by atoms with van der Waals surface area (Å²) in [6, 6.07) is 86.8. The molecule has 0 amide bonds. The summed E-state index contributed by atoms with van der Waals surface area (Å²) in [7, 11) is 0. The number of benzene rings is 12. The molecule has 2 aliphatic rings. The highest BCUT2D eigenvalue weighted by molar-refractivity contribution is 6.30. The summed E-state index contributed by atoms with van der Waals surface area (Å²) >= 11 is 0. The van der Waals surface area contributed by atoms with Gasteiger partial charge in [0.05, 0.1) is 0 Å². The summed E-state index contributed by atoms with van der Waals surface area (Å²) in [6.45, 7) is 9.59. The van der Waals surface area contributed by atoms with Gasteiger partial charge in [-0.25, -0.2) is 0 Å². The lowest BCUT2D eigenvalue weighted by atomic mass is 9.78. The second kappa shape index (κ2) is 15.1. The quantitative estimate of drug-likeness (QED) is 0.151. The topological polar surface area (TPSA) is 0 Å². The third-order valence-electron chi connectivity index (χ3n) is 16.3. The minimum atomic E-state index is -0.201. The molecule has 330 valence electrons. The van der Waals surface area contributed by atoms with Gasteiger partial charge in [-0.2, -0.15) is 0 Å². The molecular formula is C70H50. The normalized spacial score (nSPS) is 13.9. The number of hydrogen-bond donors (Lipinski definition) is 0. The van der Waals surface area contributed by atoms with E-state index in [0.717, 1.165) is 0 Å². The Labute approximate surface area is 410 Å². The fourth-order valence-electron chi connectivity index (χ4n) is 12.9. The van der Waals surface area contributed by atoms with Crippen LogP contribution in [0.2, 0.25) is 0 Å². The van der Waals surface area contributed by atoms with E-state index < -0.39 is 0 Å². The van der Waals surface area contributed by atoms with E-state index in [4.69, 9.17) is 0 Å². The number of hydrogen-bond acceptors (Lipinski definition) is 0. The maximum absolute atomic E-state index is 2.52. The van der Waals surface area contributed by atoms with Gasteiger partial charge in [0.1, 0.15) is 0 Å². The first-order chi connectivity index (χ1) is 34.3. The van der Waals surface area contributed by atoms with E-state index in [1.54, 1.807) is 0 Å². The number of fused-ring (bicyclic) bond motifs is 10. The minimum absolute atomic E-state index is 0.0428. The average Bonchev–Trinajstić information content (AvgIpc) is 3.78. The molecule has 0 N–H and O–H groups in total. The van der Waals surface area contributed by atoms with Gasteiger partial charge in [-0.1, -0.05) is 240 Å². The Balaban J connectivity index is 0.941. The van der Waals surface area contributed by atoms with Crippen LogP contribution in [-0.4, -0.2) is 0 Å². The van der Waals surface area contributed by atoms with Gasteiger partial charge in [0.15, 0.2) is 0 Å². The molecule has 0 heteroatoms. The van der Waals surface area contributed by atoms with Crippen molar-refractivity contribution in [1.29, 1.82) is 0 Å². The molecule has 0 heterocycles. The van der Waals surface area contributed by atoms with Crippen LogP contribution in [0.4, 0.5) is 0 Å². The molecule has 0 fully saturated rings. The average molecular weight is 891 g/mol. The predicted octanol–water partition coefficient (Wildman–Crippen LogP) is 19.2. The van der Waals surface area contributed by atoms with Crippen LogP contribution in [0.15, 0.2) is 231 Å². The highest BCUT2D eigenvalue weighted by Gasteiger charge is 2.38. The lowest BCUT2D eigenvalue weighted by molar-refractivity contribution is 0.659. The third-order valence-corrected chi connectivity index (χ3v) is 16.3. The fraction of sp³-hybridized carbons (Fsp3) is 0.0857. The van der Waals surface area contributed by atoms with Crippen LogP contribution >= 0.6 is 0 Å². The zero-order chi connectivity index (χ0) is 46.9. The van der Waals surface area contributed by atoms with Crippen molar-refractivity contribution < 1.29 is 0 Å². The van der Waals surface area contributed by atoms with Crippen molar-refractivity contribution in [3.63, 3.8) is 0 Å². The van der Waals surface area contributed by atoms with Crippen LogP contribution in [0.3, 0.4) is 0 Å². The molecule has 0 aromatic heterocycles. The molecule has 0 aliphatic heterocycles. The third kappa shape index (κ3) is 5.77. The van der Waals surface area contributed by atoms with Crippen LogP contribution < -0.4 is 0 Å². The molecule has 12 aromatic rings. The molecule has 2 aliphatic carbocycles. The van der Waals surface area contributed by atoms with Crippen molar-refractivity contribution in [1.82, 2.24) is 0 Å². The second-order valence-electron chi connectivity index (χ2n) is 20.7. The predicted molar refractivity (Wildman–Crippen MR) is 299 cm³/mol. The lowest BCUT2D eigenvalue weighted by Crippen LogP contribution is -2.15. The molecule has 70 heavy (non-hydrogen) atoms. The van der Waals surface area contributed by atoms with Crippen molar-refractivity contribution >= 4 is 43.1 Å². The van der Waals surface area contributed by atoms with E-state index in [2.05, 4.69) is 258 Å². The van der Waals surface area contributed by atoms with Crippen molar-refractivity contribution in [2.24, 2.45) is 0 Å². The van der Waals surface area contributed by atoms with Gasteiger partial charge >= 0.3 is 0 Å². The standard InChI is InChI=1S/C70H50/c1-69(2)61-33-19-18-23-48(61)49-37-34-44(40-62(49)69)45-35-38-50-51-39-36-46(42-64(51)70(3,4)63(50)41-45)65-53-25-10-14-29-57(53)67(58-30-15-11-26-54(58)65)68-59-31-16-12-27-55(59)66(56-28-13-17-32-60(56)68)52-24-9-8-22-47(52)43-20-6-5-7-21-43/h5-42H,1-4H3. The summed E-state index contributed by atoms with van der Waals surface area (Å²) in [5, 5.41) is 10.1. The van der Waals surface area contributed by atoms with E-state index in [1.165, 1.54) is 143 Å². The smallest absolute Gasteiger partial charge is 0.0159 e. The zero-order valence-corrected chi connectivity index (χ0v) is 39.9. The van der Waals surface area contributed by atoms with E-state index >= 15 is 0 Å². The Kier molecular flexibility index (Phi) is 8.78. The molecule has 0 nitrogen and oxygen atoms in total. The van der Waals surface area contributed by atoms with Crippen LogP contribution in [0.5, 0.6) is 0 Å². The first-order valence-electron chi connectivity index (χ1n) is 24.8. The summed E-state index contributed by atoms with van der Waals surface area (Å²) in [4.78, 5) is 0. The van der Waals surface area contributed by atoms with E-state index in [9.17, 15) is 0 Å².